The van der Waals surface area contributed by atoms with Crippen molar-refractivity contribution in [2.75, 3.05) is 4.72 Å². The molecule has 0 aliphatic rings. The molecule has 0 fully saturated rings. The molecule has 2 N–H and O–H groups in total. The van der Waals surface area contributed by atoms with Crippen molar-refractivity contribution in [1.29, 1.82) is 0 Å². The molecular weight excluding hydrogens is 317 g/mol. The molecule has 0 amide bonds. The van der Waals surface area contributed by atoms with Crippen LogP contribution < -0.4 is 4.72 Å². The third-order valence-electron chi connectivity index (χ3n) is 2.82. The number of nitrogens with one attached hydrogen (secondary N) is 1. The molecule has 112 valence electrons. The Bertz CT molecular complexity index is 763. The van der Waals surface area contributed by atoms with Crippen molar-refractivity contribution in [2.45, 2.75) is 17.9 Å². The van der Waals surface area contributed by atoms with Gasteiger partial charge in [0.05, 0.1) is 21.7 Å². The van der Waals surface area contributed by atoms with Crippen molar-refractivity contribution in [1.82, 2.24) is 0 Å². The highest BCUT2D eigenvalue weighted by molar-refractivity contribution is 7.92. The van der Waals surface area contributed by atoms with Crippen molar-refractivity contribution < 1.29 is 17.9 Å². The summed E-state index contributed by atoms with van der Waals surface area (Å²) in [5.74, 6) is -0.629. The highest BCUT2D eigenvalue weighted by Crippen LogP contribution is 2.23. The van der Waals surface area contributed by atoms with Gasteiger partial charge in [-0.1, -0.05) is 23.7 Å². The lowest BCUT2D eigenvalue weighted by Crippen LogP contribution is -2.13. The molecule has 7 heteroatoms. The summed E-state index contributed by atoms with van der Waals surface area (Å²) in [7, 11) is -3.84. The van der Waals surface area contributed by atoms with Gasteiger partial charge in [-0.2, -0.15) is 0 Å². The molecule has 0 aromatic heterocycles. The molecule has 2 rings (SSSR count). The Hall–Kier alpha value is -1.63. The van der Waals surface area contributed by atoms with Gasteiger partial charge >= 0.3 is 0 Å². The maximum atomic E-state index is 13.1. The van der Waals surface area contributed by atoms with Crippen molar-refractivity contribution in [3.05, 3.63) is 58.9 Å². The standard InChI is InChI=1S/C14H13ClFNO3S/c1-9(18)10-3-2-4-12(7-10)21(19,20)17-11-5-6-14(16)13(15)8-11/h2-9,17-18H,1H3. The molecule has 0 saturated heterocycles. The largest absolute Gasteiger partial charge is 0.389 e. The van der Waals surface area contributed by atoms with E-state index >= 15 is 0 Å². The first kappa shape index (κ1) is 15.8. The number of anilines is 1. The van der Waals surface area contributed by atoms with Gasteiger partial charge < -0.3 is 5.11 Å². The minimum atomic E-state index is -3.84. The third kappa shape index (κ3) is 3.72. The van der Waals surface area contributed by atoms with E-state index in [0.29, 0.717) is 5.56 Å². The Morgan fingerprint density at radius 2 is 1.95 bits per heavy atom. The van der Waals surface area contributed by atoms with Gasteiger partial charge in [0.15, 0.2) is 0 Å². The lowest BCUT2D eigenvalue weighted by atomic mass is 10.1. The number of halogens is 2. The molecule has 1 unspecified atom stereocenters. The monoisotopic (exact) mass is 329 g/mol. The van der Waals surface area contributed by atoms with Crippen LogP contribution in [0.15, 0.2) is 47.4 Å². The minimum Gasteiger partial charge on any atom is -0.389 e. The van der Waals surface area contributed by atoms with E-state index in [4.69, 9.17) is 11.6 Å². The third-order valence-corrected chi connectivity index (χ3v) is 4.49. The quantitative estimate of drug-likeness (QED) is 0.904. The minimum absolute atomic E-state index is 0.00125. The van der Waals surface area contributed by atoms with Crippen LogP contribution in [0.1, 0.15) is 18.6 Å². The van der Waals surface area contributed by atoms with Crippen LogP contribution in [0.4, 0.5) is 10.1 Å². The molecule has 21 heavy (non-hydrogen) atoms. The first-order valence-electron chi connectivity index (χ1n) is 6.05. The van der Waals surface area contributed by atoms with Crippen molar-refractivity contribution in [3.63, 3.8) is 0 Å². The van der Waals surface area contributed by atoms with Crippen molar-refractivity contribution in [3.8, 4) is 0 Å². The van der Waals surface area contributed by atoms with Crippen molar-refractivity contribution in [2.24, 2.45) is 0 Å². The molecule has 0 aliphatic heterocycles. The second-order valence-electron chi connectivity index (χ2n) is 4.48. The molecule has 2 aromatic rings. The Morgan fingerprint density at radius 1 is 1.24 bits per heavy atom. The zero-order valence-corrected chi connectivity index (χ0v) is 12.6. The average molecular weight is 330 g/mol. The number of aliphatic hydroxyl groups excluding tert-OH is 1. The molecule has 0 aliphatic carbocycles. The number of rotatable bonds is 4. The summed E-state index contributed by atoms with van der Waals surface area (Å²) in [6.45, 7) is 1.54. The van der Waals surface area contributed by atoms with E-state index in [-0.39, 0.29) is 15.6 Å². The SMILES string of the molecule is CC(O)c1cccc(S(=O)(=O)Nc2ccc(F)c(Cl)c2)c1. The Labute approximate surface area is 127 Å². The zero-order valence-electron chi connectivity index (χ0n) is 11.0. The first-order valence-corrected chi connectivity index (χ1v) is 7.91. The van der Waals surface area contributed by atoms with Crippen LogP contribution in [0, 0.1) is 5.82 Å². The fraction of sp³-hybridized carbons (Fsp3) is 0.143. The van der Waals surface area contributed by atoms with E-state index in [1.807, 2.05) is 0 Å². The second-order valence-corrected chi connectivity index (χ2v) is 6.57. The van der Waals surface area contributed by atoms with E-state index in [9.17, 15) is 17.9 Å². The molecule has 4 nitrogen and oxygen atoms in total. The number of hydrogen-bond acceptors (Lipinski definition) is 3. The van der Waals surface area contributed by atoms with Gasteiger partial charge in [-0.15, -0.1) is 0 Å². The predicted octanol–water partition coefficient (Wildman–Crippen LogP) is 3.33. The summed E-state index contributed by atoms with van der Waals surface area (Å²) >= 11 is 5.61. The maximum absolute atomic E-state index is 13.1. The van der Waals surface area contributed by atoms with Crippen LogP contribution in [-0.2, 0) is 10.0 Å². The number of hydrogen-bond donors (Lipinski definition) is 2. The Morgan fingerprint density at radius 3 is 2.57 bits per heavy atom. The summed E-state index contributed by atoms with van der Waals surface area (Å²) in [5, 5.41) is 9.32. The molecule has 0 bridgehead atoms. The Kier molecular flexibility index (Phi) is 4.51. The topological polar surface area (TPSA) is 66.4 Å². The van der Waals surface area contributed by atoms with E-state index < -0.39 is 21.9 Å². The van der Waals surface area contributed by atoms with E-state index in [2.05, 4.69) is 4.72 Å². The highest BCUT2D eigenvalue weighted by Gasteiger charge is 2.16. The summed E-state index contributed by atoms with van der Waals surface area (Å²) < 4.78 is 39.9. The van der Waals surface area contributed by atoms with Gasteiger partial charge in [0.2, 0.25) is 0 Å². The molecule has 0 radical (unpaired) electrons. The van der Waals surface area contributed by atoms with Crippen LogP contribution in [-0.4, -0.2) is 13.5 Å². The lowest BCUT2D eigenvalue weighted by Gasteiger charge is -2.11. The molecule has 0 spiro atoms. The van der Waals surface area contributed by atoms with Crippen LogP contribution in [0.2, 0.25) is 5.02 Å². The van der Waals surface area contributed by atoms with Gasteiger partial charge in [0.25, 0.3) is 10.0 Å². The summed E-state index contributed by atoms with van der Waals surface area (Å²) in [6.07, 6.45) is -0.777. The van der Waals surface area contributed by atoms with Gasteiger partial charge in [0, 0.05) is 0 Å². The average Bonchev–Trinajstić information content (AvgIpc) is 2.43. The fourth-order valence-electron chi connectivity index (χ4n) is 1.72. The molecule has 0 saturated carbocycles. The summed E-state index contributed by atoms with van der Waals surface area (Å²) in [6, 6.07) is 9.47. The van der Waals surface area contributed by atoms with Crippen LogP contribution in [0.3, 0.4) is 0 Å². The number of sulfonamides is 1. The van der Waals surface area contributed by atoms with Crippen LogP contribution in [0.25, 0.3) is 0 Å². The fourth-order valence-corrected chi connectivity index (χ4v) is 3.00. The summed E-state index contributed by atoms with van der Waals surface area (Å²) in [4.78, 5) is 0.00125. The molecule has 2 aromatic carbocycles. The summed E-state index contributed by atoms with van der Waals surface area (Å²) in [5.41, 5.74) is 0.638. The van der Waals surface area contributed by atoms with Gasteiger partial charge in [0.1, 0.15) is 5.82 Å². The predicted molar refractivity (Wildman–Crippen MR) is 79.3 cm³/mol. The molecule has 1 atom stereocenters. The molecule has 0 heterocycles. The van der Waals surface area contributed by atoms with E-state index in [1.54, 1.807) is 13.0 Å². The maximum Gasteiger partial charge on any atom is 0.261 e. The second kappa shape index (κ2) is 6.01. The van der Waals surface area contributed by atoms with Crippen LogP contribution >= 0.6 is 11.6 Å². The van der Waals surface area contributed by atoms with E-state index in [1.165, 1.54) is 30.3 Å². The first-order chi connectivity index (χ1) is 9.79. The van der Waals surface area contributed by atoms with E-state index in [0.717, 1.165) is 6.07 Å². The smallest absolute Gasteiger partial charge is 0.261 e. The number of aliphatic hydroxyl groups is 1. The Balaban J connectivity index is 2.33. The molecular formula is C14H13ClFNO3S. The van der Waals surface area contributed by atoms with Gasteiger partial charge in [-0.05, 0) is 42.8 Å². The van der Waals surface area contributed by atoms with Crippen LogP contribution in [0.5, 0.6) is 0 Å². The highest BCUT2D eigenvalue weighted by atomic mass is 35.5. The van der Waals surface area contributed by atoms with Gasteiger partial charge in [-0.25, -0.2) is 12.8 Å². The normalized spacial score (nSPS) is 13.0. The van der Waals surface area contributed by atoms with Gasteiger partial charge in [-0.3, -0.25) is 4.72 Å². The van der Waals surface area contributed by atoms with Crippen molar-refractivity contribution >= 4 is 27.3 Å². The lowest BCUT2D eigenvalue weighted by molar-refractivity contribution is 0.199. The zero-order chi connectivity index (χ0) is 15.6. The number of benzene rings is 2.